The fourth-order valence-electron chi connectivity index (χ4n) is 7.41. The molecule has 0 radical (unpaired) electrons. The van der Waals surface area contributed by atoms with Crippen molar-refractivity contribution in [3.05, 3.63) is 65.2 Å². The number of aryl methyl sites for hydroxylation is 1. The van der Waals surface area contributed by atoms with E-state index in [-0.39, 0.29) is 38.8 Å². The van der Waals surface area contributed by atoms with Gasteiger partial charge in [-0.1, -0.05) is 54.4 Å². The van der Waals surface area contributed by atoms with E-state index in [4.69, 9.17) is 18.1 Å². The Morgan fingerprint density at radius 1 is 0.857 bits per heavy atom. The summed E-state index contributed by atoms with van der Waals surface area (Å²) in [6.45, 7) is 10.3. The topological polar surface area (TPSA) is 94.6 Å². The van der Waals surface area contributed by atoms with E-state index in [9.17, 15) is 0 Å². The number of rotatable bonds is 12. The second-order valence-corrected chi connectivity index (χ2v) is 16.2. The van der Waals surface area contributed by atoms with E-state index in [1.54, 1.807) is 27.7 Å². The van der Waals surface area contributed by atoms with Gasteiger partial charge in [0.15, 0.2) is 4.90 Å². The smallest absolute Gasteiger partial charge is 0.308 e. The number of fused-ring (bicyclic) bond motifs is 4. The van der Waals surface area contributed by atoms with Crippen molar-refractivity contribution in [3.8, 4) is 0 Å². The summed E-state index contributed by atoms with van der Waals surface area (Å²) in [5.74, 6) is -0.125. The normalized spacial score (nSPS) is 23.9. The van der Waals surface area contributed by atoms with Crippen LogP contribution in [0.1, 0.15) is 70.1 Å². The monoisotopic (exact) mass is 618 g/mol. The first-order valence-electron chi connectivity index (χ1n) is 15.2. The Morgan fingerprint density at radius 2 is 1.45 bits per heavy atom. The van der Waals surface area contributed by atoms with Crippen molar-refractivity contribution in [2.45, 2.75) is 83.3 Å². The Kier molecular flexibility index (Phi) is 9.24. The predicted octanol–water partition coefficient (Wildman–Crippen LogP) is 7.22. The molecule has 0 bridgehead atoms. The largest absolute Gasteiger partial charge is 0.350 e. The fourth-order valence-corrected chi connectivity index (χ4v) is 13.8. The van der Waals surface area contributed by atoms with E-state index < -0.39 is 31.7 Å². The van der Waals surface area contributed by atoms with Gasteiger partial charge in [-0.15, -0.1) is 0 Å². The second kappa shape index (κ2) is 12.3. The van der Waals surface area contributed by atoms with Crippen LogP contribution in [0.3, 0.4) is 0 Å². The molecule has 1 spiro atoms. The van der Waals surface area contributed by atoms with Crippen LogP contribution in [0.5, 0.6) is 0 Å². The highest BCUT2D eigenvalue weighted by Gasteiger charge is 2.80. The van der Waals surface area contributed by atoms with Crippen LogP contribution in [0.25, 0.3) is 0 Å². The van der Waals surface area contributed by atoms with Crippen LogP contribution in [0.15, 0.2) is 48.5 Å². The zero-order valence-electron chi connectivity index (χ0n) is 25.4. The Bertz CT molecular complexity index is 1340. The Labute approximate surface area is 249 Å². The molecular weight excluding hydrogens is 574 g/mol. The van der Waals surface area contributed by atoms with Crippen molar-refractivity contribution in [2.75, 3.05) is 37.9 Å². The molecule has 3 aliphatic rings. The highest BCUT2D eigenvalue weighted by molar-refractivity contribution is 7.74. The van der Waals surface area contributed by atoms with E-state index in [2.05, 4.69) is 11.0 Å². The lowest BCUT2D eigenvalue weighted by Gasteiger charge is -2.46. The molecule has 2 fully saturated rings. The second-order valence-electron chi connectivity index (χ2n) is 11.2. The molecule has 5 rings (SSSR count). The number of carbonyl (C=O) groups is 1. The highest BCUT2D eigenvalue weighted by atomic mass is 31.2. The summed E-state index contributed by atoms with van der Waals surface area (Å²) in [6, 6.07) is 15.4. The highest BCUT2D eigenvalue weighted by Crippen LogP contribution is 2.85. The summed E-state index contributed by atoms with van der Waals surface area (Å²) in [5.41, 5.74) is 2.40. The molecular formula is C31H44N2O7P2. The van der Waals surface area contributed by atoms with Crippen LogP contribution < -0.4 is 4.90 Å². The van der Waals surface area contributed by atoms with Crippen molar-refractivity contribution in [3.63, 3.8) is 0 Å². The maximum Gasteiger partial charge on any atom is 0.350 e. The third-order valence-electron chi connectivity index (χ3n) is 8.86. The lowest BCUT2D eigenvalue weighted by atomic mass is 9.87. The minimum atomic E-state index is -4.21. The van der Waals surface area contributed by atoms with Gasteiger partial charge in [0.05, 0.1) is 33.0 Å². The number of nitrogens with zero attached hydrogens (tertiary/aromatic N) is 2. The fraction of sp³-hybridized carbons (Fsp3) is 0.581. The SMILES string of the molecule is CCOP(=O)(OCC)C1(P(=O)(OCC)OCC)CC2(C(=O)N(Cc3ccccc3)c3ccc(C)cc32)N2CCCCC21. The molecule has 2 saturated heterocycles. The molecule has 2 atom stereocenters. The molecule has 1 amide bonds. The third kappa shape index (κ3) is 4.68. The van der Waals surface area contributed by atoms with Gasteiger partial charge in [0, 0.05) is 23.7 Å². The lowest BCUT2D eigenvalue weighted by molar-refractivity contribution is -0.130. The molecule has 0 aromatic heterocycles. The minimum absolute atomic E-state index is 0.0558. The average Bonchev–Trinajstić information content (AvgIpc) is 3.42. The van der Waals surface area contributed by atoms with Crippen LogP contribution in [-0.4, -0.2) is 54.7 Å². The molecule has 3 heterocycles. The van der Waals surface area contributed by atoms with E-state index in [0.717, 1.165) is 35.2 Å². The third-order valence-corrected chi connectivity index (χ3v) is 15.5. The quantitative estimate of drug-likeness (QED) is 0.230. The lowest BCUT2D eigenvalue weighted by Crippen LogP contribution is -2.54. The van der Waals surface area contributed by atoms with Crippen molar-refractivity contribution >= 4 is 26.8 Å². The van der Waals surface area contributed by atoms with Crippen molar-refractivity contribution in [1.82, 2.24) is 4.90 Å². The zero-order chi connectivity index (χ0) is 30.2. The molecule has 2 unspecified atom stereocenters. The van der Waals surface area contributed by atoms with E-state index >= 15 is 13.9 Å². The first-order chi connectivity index (χ1) is 20.2. The van der Waals surface area contributed by atoms with Gasteiger partial charge in [0.2, 0.25) is 0 Å². The van der Waals surface area contributed by atoms with E-state index in [1.165, 1.54) is 0 Å². The summed E-state index contributed by atoms with van der Waals surface area (Å²) in [7, 11) is -8.42. The van der Waals surface area contributed by atoms with Crippen molar-refractivity contribution < 1.29 is 32.0 Å². The molecule has 0 N–H and O–H groups in total. The number of anilines is 1. The van der Waals surface area contributed by atoms with Gasteiger partial charge in [0.25, 0.3) is 5.91 Å². The molecule has 42 heavy (non-hydrogen) atoms. The predicted molar refractivity (Wildman–Crippen MR) is 164 cm³/mol. The first kappa shape index (κ1) is 31.6. The molecule has 0 saturated carbocycles. The van der Waals surface area contributed by atoms with E-state index in [1.807, 2.05) is 54.3 Å². The molecule has 11 heteroatoms. The summed E-state index contributed by atoms with van der Waals surface area (Å²) in [6.07, 6.45) is 2.17. The van der Waals surface area contributed by atoms with Gasteiger partial charge in [-0.25, -0.2) is 0 Å². The standard InChI is InChI=1S/C31H44N2O7P2/c1-6-37-41(35,38-7-2)31(42(36,39-8-3)40-9-4)23-30(33-20-14-13-17-28(31)33)26-21-24(5)18-19-27(26)32(29(30)34)22-25-15-11-10-12-16-25/h10-12,15-16,18-19,21,28H,6-9,13-14,17,20,22-23H2,1-5H3. The van der Waals surface area contributed by atoms with Gasteiger partial charge in [-0.3, -0.25) is 18.8 Å². The van der Waals surface area contributed by atoms with Gasteiger partial charge >= 0.3 is 15.2 Å². The van der Waals surface area contributed by atoms with Crippen LogP contribution in [0.2, 0.25) is 0 Å². The van der Waals surface area contributed by atoms with Gasteiger partial charge in [-0.05, 0) is 65.6 Å². The molecule has 3 aliphatic heterocycles. The molecule has 230 valence electrons. The number of hydrogen-bond donors (Lipinski definition) is 0. The van der Waals surface area contributed by atoms with Crippen LogP contribution in [0.4, 0.5) is 5.69 Å². The number of hydrogen-bond acceptors (Lipinski definition) is 8. The Hall–Kier alpha value is -1.83. The maximum absolute atomic E-state index is 15.3. The molecule has 2 aromatic rings. The van der Waals surface area contributed by atoms with Crippen molar-refractivity contribution in [2.24, 2.45) is 0 Å². The molecule has 0 aliphatic carbocycles. The summed E-state index contributed by atoms with van der Waals surface area (Å²) >= 11 is 0. The average molecular weight is 619 g/mol. The molecule has 9 nitrogen and oxygen atoms in total. The minimum Gasteiger partial charge on any atom is -0.308 e. The van der Waals surface area contributed by atoms with Crippen molar-refractivity contribution in [1.29, 1.82) is 0 Å². The van der Waals surface area contributed by atoms with Gasteiger partial charge in [0.1, 0.15) is 5.54 Å². The summed E-state index contributed by atoms with van der Waals surface area (Å²) in [4.78, 5) is 17.3. The molecule has 2 aromatic carbocycles. The van der Waals surface area contributed by atoms with E-state index in [0.29, 0.717) is 19.5 Å². The van der Waals surface area contributed by atoms with Crippen LogP contribution in [-0.2, 0) is 44.1 Å². The van der Waals surface area contributed by atoms with Gasteiger partial charge < -0.3 is 23.0 Å². The number of carbonyl (C=O) groups excluding carboxylic acids is 1. The van der Waals surface area contributed by atoms with Gasteiger partial charge in [-0.2, -0.15) is 0 Å². The zero-order valence-corrected chi connectivity index (χ0v) is 27.2. The number of benzene rings is 2. The Balaban J connectivity index is 1.80. The maximum atomic E-state index is 15.3. The van der Waals surface area contributed by atoms with Crippen LogP contribution in [0, 0.1) is 6.92 Å². The number of piperidine rings is 1. The summed E-state index contributed by atoms with van der Waals surface area (Å²) in [5, 5.41) is 0. The Morgan fingerprint density at radius 3 is 2.02 bits per heavy atom. The van der Waals surface area contributed by atoms with Crippen LogP contribution >= 0.6 is 15.2 Å². The summed E-state index contributed by atoms with van der Waals surface area (Å²) < 4.78 is 54.8. The number of amides is 1. The first-order valence-corrected chi connectivity index (χ1v) is 18.3.